The van der Waals surface area contributed by atoms with Crippen LogP contribution in [0.15, 0.2) is 0 Å². The largest absolute Gasteiger partial charge is 0.444 e. The second-order valence-electron chi connectivity index (χ2n) is 3.91. The van der Waals surface area contributed by atoms with E-state index in [1.807, 2.05) is 20.8 Å². The molecule has 0 aliphatic heterocycles. The van der Waals surface area contributed by atoms with E-state index in [9.17, 15) is 4.79 Å². The molecule has 0 aromatic heterocycles. The van der Waals surface area contributed by atoms with E-state index in [4.69, 9.17) is 10.6 Å². The molecule has 0 atom stereocenters. The van der Waals surface area contributed by atoms with Crippen molar-refractivity contribution in [2.24, 2.45) is 5.84 Å². The van der Waals surface area contributed by atoms with E-state index >= 15 is 0 Å². The van der Waals surface area contributed by atoms with Crippen LogP contribution in [0.5, 0.6) is 0 Å². The van der Waals surface area contributed by atoms with E-state index in [0.29, 0.717) is 13.1 Å². The fraction of sp³-hybridized carbons (Fsp3) is 0.875. The average molecular weight is 189 g/mol. The molecule has 0 saturated heterocycles. The number of likely N-dealkylation sites (N-methyl/N-ethyl adjacent to an activating group) is 1. The van der Waals surface area contributed by atoms with Crippen LogP contribution < -0.4 is 11.2 Å². The van der Waals surface area contributed by atoms with Crippen LogP contribution >= 0.6 is 0 Å². The minimum absolute atomic E-state index is 0.408. The highest BCUT2D eigenvalue weighted by Crippen LogP contribution is 2.05. The second-order valence-corrected chi connectivity index (χ2v) is 3.91. The Morgan fingerprint density at radius 3 is 2.46 bits per heavy atom. The Bertz CT molecular complexity index is 163. The van der Waals surface area contributed by atoms with Crippen molar-refractivity contribution < 1.29 is 9.53 Å². The highest BCUT2D eigenvalue weighted by molar-refractivity contribution is 5.67. The Morgan fingerprint density at radius 2 is 2.08 bits per heavy atom. The summed E-state index contributed by atoms with van der Waals surface area (Å²) in [6, 6.07) is 0. The van der Waals surface area contributed by atoms with E-state index in [2.05, 4.69) is 5.32 Å². The van der Waals surface area contributed by atoms with Crippen molar-refractivity contribution in [1.82, 2.24) is 10.3 Å². The molecular formula is C8H19N3O2. The van der Waals surface area contributed by atoms with Gasteiger partial charge in [-0.15, -0.1) is 0 Å². The molecule has 78 valence electrons. The maximum Gasteiger partial charge on any atom is 0.407 e. The van der Waals surface area contributed by atoms with E-state index < -0.39 is 11.7 Å². The fourth-order valence-corrected chi connectivity index (χ4v) is 0.648. The van der Waals surface area contributed by atoms with Gasteiger partial charge in [0.05, 0.1) is 0 Å². The molecule has 5 heteroatoms. The second kappa shape index (κ2) is 5.04. The normalized spacial score (nSPS) is 11.5. The van der Waals surface area contributed by atoms with Crippen LogP contribution in [-0.4, -0.2) is 36.8 Å². The molecule has 0 aliphatic carbocycles. The lowest BCUT2D eigenvalue weighted by molar-refractivity contribution is 0.0524. The van der Waals surface area contributed by atoms with Crippen LogP contribution in [0, 0.1) is 0 Å². The van der Waals surface area contributed by atoms with Crippen LogP contribution in [0.25, 0.3) is 0 Å². The number of nitrogens with zero attached hydrogens (tertiary/aromatic N) is 1. The lowest BCUT2D eigenvalue weighted by Crippen LogP contribution is -2.38. The number of nitrogens with one attached hydrogen (secondary N) is 1. The van der Waals surface area contributed by atoms with Crippen LogP contribution in [0.2, 0.25) is 0 Å². The summed E-state index contributed by atoms with van der Waals surface area (Å²) >= 11 is 0. The number of ether oxygens (including phenoxy) is 1. The first-order chi connectivity index (χ1) is 5.81. The smallest absolute Gasteiger partial charge is 0.407 e. The van der Waals surface area contributed by atoms with Gasteiger partial charge in [0.25, 0.3) is 0 Å². The summed E-state index contributed by atoms with van der Waals surface area (Å²) in [5.74, 6) is 5.35. The van der Waals surface area contributed by atoms with E-state index in [1.165, 1.54) is 5.01 Å². The molecule has 0 aliphatic rings. The molecule has 0 fully saturated rings. The van der Waals surface area contributed by atoms with Gasteiger partial charge >= 0.3 is 6.09 Å². The lowest BCUT2D eigenvalue weighted by atomic mass is 10.2. The third-order valence-electron chi connectivity index (χ3n) is 1.13. The van der Waals surface area contributed by atoms with Crippen molar-refractivity contribution in [3.05, 3.63) is 0 Å². The summed E-state index contributed by atoms with van der Waals surface area (Å²) in [4.78, 5) is 11.0. The van der Waals surface area contributed by atoms with Gasteiger partial charge < -0.3 is 10.1 Å². The highest BCUT2D eigenvalue weighted by atomic mass is 16.6. The SMILES string of the molecule is CN(N)CCNC(=O)OC(C)(C)C. The molecule has 0 spiro atoms. The van der Waals surface area contributed by atoms with Gasteiger partial charge in [-0.2, -0.15) is 0 Å². The molecule has 3 N–H and O–H groups in total. The van der Waals surface area contributed by atoms with Crippen LogP contribution in [0.4, 0.5) is 4.79 Å². The summed E-state index contributed by atoms with van der Waals surface area (Å²) in [7, 11) is 1.73. The maximum absolute atomic E-state index is 11.0. The number of amides is 1. The average Bonchev–Trinajstić information content (AvgIpc) is 1.81. The quantitative estimate of drug-likeness (QED) is 0.495. The summed E-state index contributed by atoms with van der Waals surface area (Å²) in [5, 5.41) is 4.09. The number of rotatable bonds is 3. The number of nitrogens with two attached hydrogens (primary N) is 1. The van der Waals surface area contributed by atoms with Crippen molar-refractivity contribution in [3.8, 4) is 0 Å². The molecule has 0 bridgehead atoms. The molecule has 0 aromatic rings. The zero-order chi connectivity index (χ0) is 10.5. The lowest BCUT2D eigenvalue weighted by Gasteiger charge is -2.20. The molecule has 5 nitrogen and oxygen atoms in total. The van der Waals surface area contributed by atoms with Crippen molar-refractivity contribution >= 4 is 6.09 Å². The van der Waals surface area contributed by atoms with Gasteiger partial charge in [0.2, 0.25) is 0 Å². The Kier molecular flexibility index (Phi) is 4.72. The third kappa shape index (κ3) is 9.10. The minimum Gasteiger partial charge on any atom is -0.444 e. The molecule has 0 saturated carbocycles. The molecule has 0 rings (SSSR count). The first kappa shape index (κ1) is 12.2. The number of hydrogen-bond acceptors (Lipinski definition) is 4. The van der Waals surface area contributed by atoms with Gasteiger partial charge in [-0.1, -0.05) is 0 Å². The Hall–Kier alpha value is -0.810. The molecule has 0 aromatic carbocycles. The third-order valence-corrected chi connectivity index (χ3v) is 1.13. The maximum atomic E-state index is 11.0. The zero-order valence-electron chi connectivity index (χ0n) is 8.76. The fourth-order valence-electron chi connectivity index (χ4n) is 0.648. The molecule has 0 unspecified atom stereocenters. The summed E-state index contributed by atoms with van der Waals surface area (Å²) in [6.45, 7) is 6.55. The summed E-state index contributed by atoms with van der Waals surface area (Å²) < 4.78 is 5.01. The summed E-state index contributed by atoms with van der Waals surface area (Å²) in [6.07, 6.45) is -0.408. The van der Waals surface area contributed by atoms with Gasteiger partial charge in [-0.05, 0) is 20.8 Å². The van der Waals surface area contributed by atoms with Crippen molar-refractivity contribution in [2.75, 3.05) is 20.1 Å². The topological polar surface area (TPSA) is 67.6 Å². The van der Waals surface area contributed by atoms with Crippen molar-refractivity contribution in [3.63, 3.8) is 0 Å². The molecule has 13 heavy (non-hydrogen) atoms. The molecular weight excluding hydrogens is 170 g/mol. The van der Waals surface area contributed by atoms with E-state index in [0.717, 1.165) is 0 Å². The Labute approximate surface area is 79.2 Å². The van der Waals surface area contributed by atoms with E-state index in [1.54, 1.807) is 7.05 Å². The monoisotopic (exact) mass is 189 g/mol. The number of carbonyl (C=O) groups excluding carboxylic acids is 1. The molecule has 0 radical (unpaired) electrons. The van der Waals surface area contributed by atoms with Crippen LogP contribution in [0.1, 0.15) is 20.8 Å². The van der Waals surface area contributed by atoms with E-state index in [-0.39, 0.29) is 0 Å². The van der Waals surface area contributed by atoms with Crippen LogP contribution in [-0.2, 0) is 4.74 Å². The highest BCUT2D eigenvalue weighted by Gasteiger charge is 2.15. The standard InChI is InChI=1S/C8H19N3O2/c1-8(2,3)13-7(12)10-5-6-11(4)9/h5-6,9H2,1-4H3,(H,10,12). The van der Waals surface area contributed by atoms with Gasteiger partial charge in [0, 0.05) is 20.1 Å². The Balaban J connectivity index is 3.53. The predicted octanol–water partition coefficient (Wildman–Crippen LogP) is 0.317. The minimum atomic E-state index is -0.446. The van der Waals surface area contributed by atoms with Gasteiger partial charge in [0.15, 0.2) is 0 Å². The van der Waals surface area contributed by atoms with Gasteiger partial charge in [-0.25, -0.2) is 9.80 Å². The van der Waals surface area contributed by atoms with Gasteiger partial charge in [0.1, 0.15) is 5.60 Å². The molecule has 1 amide bonds. The number of hydrazine groups is 1. The van der Waals surface area contributed by atoms with Crippen molar-refractivity contribution in [2.45, 2.75) is 26.4 Å². The number of carbonyl (C=O) groups is 1. The summed E-state index contributed by atoms with van der Waals surface area (Å²) in [5.41, 5.74) is -0.446. The van der Waals surface area contributed by atoms with Gasteiger partial charge in [-0.3, -0.25) is 5.84 Å². The van der Waals surface area contributed by atoms with Crippen LogP contribution in [0.3, 0.4) is 0 Å². The molecule has 0 heterocycles. The first-order valence-electron chi connectivity index (χ1n) is 4.24. The number of hydrogen-bond donors (Lipinski definition) is 2. The zero-order valence-corrected chi connectivity index (χ0v) is 8.76. The number of alkyl carbamates (subject to hydrolysis) is 1. The first-order valence-corrected chi connectivity index (χ1v) is 4.24. The van der Waals surface area contributed by atoms with Crippen molar-refractivity contribution in [1.29, 1.82) is 0 Å². The predicted molar refractivity (Wildman–Crippen MR) is 51.1 cm³/mol. The Morgan fingerprint density at radius 1 is 1.54 bits per heavy atom.